The molecule has 1 aromatic rings. The Hall–Kier alpha value is -1.33. The number of nitrogens with one attached hydrogen (secondary N) is 1. The Morgan fingerprint density at radius 3 is 2.32 bits per heavy atom. The van der Waals surface area contributed by atoms with Crippen molar-refractivity contribution in [1.29, 1.82) is 5.26 Å². The van der Waals surface area contributed by atoms with Crippen molar-refractivity contribution < 1.29 is 0 Å². The van der Waals surface area contributed by atoms with Crippen molar-refractivity contribution >= 4 is 0 Å². The fourth-order valence-electron chi connectivity index (χ4n) is 2.71. The summed E-state index contributed by atoms with van der Waals surface area (Å²) in [5, 5.41) is 12.5. The third kappa shape index (κ3) is 4.08. The van der Waals surface area contributed by atoms with Gasteiger partial charge in [0, 0.05) is 18.5 Å². The van der Waals surface area contributed by atoms with Crippen LogP contribution in [0.1, 0.15) is 56.6 Å². The lowest BCUT2D eigenvalue weighted by Crippen LogP contribution is -2.32. The minimum absolute atomic E-state index is 0.295. The first kappa shape index (κ1) is 14.1. The van der Waals surface area contributed by atoms with E-state index in [2.05, 4.69) is 49.5 Å². The van der Waals surface area contributed by atoms with Crippen LogP contribution in [0.2, 0.25) is 0 Å². The minimum Gasteiger partial charge on any atom is -0.310 e. The molecule has 0 amide bonds. The Bertz CT molecular complexity index is 420. The first-order valence-electron chi connectivity index (χ1n) is 7.41. The lowest BCUT2D eigenvalue weighted by molar-refractivity contribution is 0.331. The number of benzene rings is 1. The molecule has 2 heteroatoms. The third-order valence-electron chi connectivity index (χ3n) is 4.15. The fraction of sp³-hybridized carbons (Fsp3) is 0.588. The Morgan fingerprint density at radius 1 is 1.16 bits per heavy atom. The number of hydrogen-bond donors (Lipinski definition) is 1. The molecule has 1 fully saturated rings. The molecule has 19 heavy (non-hydrogen) atoms. The van der Waals surface area contributed by atoms with Gasteiger partial charge in [-0.25, -0.2) is 0 Å². The van der Waals surface area contributed by atoms with Gasteiger partial charge >= 0.3 is 0 Å². The van der Waals surface area contributed by atoms with E-state index in [1.54, 1.807) is 0 Å². The molecule has 0 bridgehead atoms. The Balaban J connectivity index is 1.78. The molecule has 0 radical (unpaired) electrons. The molecule has 1 saturated carbocycles. The average molecular weight is 256 g/mol. The summed E-state index contributed by atoms with van der Waals surface area (Å²) >= 11 is 0. The van der Waals surface area contributed by atoms with E-state index in [1.165, 1.54) is 11.1 Å². The molecule has 0 aromatic heterocycles. The molecule has 0 heterocycles. The van der Waals surface area contributed by atoms with Crippen LogP contribution in [-0.2, 0) is 6.54 Å². The van der Waals surface area contributed by atoms with Crippen LogP contribution in [0, 0.1) is 17.2 Å². The maximum absolute atomic E-state index is 8.89. The zero-order valence-electron chi connectivity index (χ0n) is 12.0. The molecule has 0 atom stereocenters. The lowest BCUT2D eigenvalue weighted by atomic mass is 9.87. The van der Waals surface area contributed by atoms with Crippen molar-refractivity contribution in [3.05, 3.63) is 35.4 Å². The summed E-state index contributed by atoms with van der Waals surface area (Å²) in [6.07, 6.45) is 4.39. The van der Waals surface area contributed by atoms with Crippen molar-refractivity contribution in [3.8, 4) is 6.07 Å². The summed E-state index contributed by atoms with van der Waals surface area (Å²) in [7, 11) is 0. The Labute approximate surface area is 116 Å². The number of hydrogen-bond acceptors (Lipinski definition) is 2. The highest BCUT2D eigenvalue weighted by Crippen LogP contribution is 2.23. The van der Waals surface area contributed by atoms with E-state index >= 15 is 0 Å². The van der Waals surface area contributed by atoms with Crippen LogP contribution in [0.15, 0.2) is 24.3 Å². The smallest absolute Gasteiger partial charge is 0.0655 e. The molecular weight excluding hydrogens is 232 g/mol. The number of rotatable bonds is 4. The molecule has 0 aliphatic heterocycles. The molecule has 1 aromatic carbocycles. The molecule has 0 saturated heterocycles. The highest BCUT2D eigenvalue weighted by Gasteiger charge is 2.20. The van der Waals surface area contributed by atoms with Gasteiger partial charge < -0.3 is 5.32 Å². The zero-order valence-corrected chi connectivity index (χ0v) is 12.0. The Morgan fingerprint density at radius 2 is 1.79 bits per heavy atom. The van der Waals surface area contributed by atoms with Gasteiger partial charge in [-0.1, -0.05) is 38.1 Å². The van der Waals surface area contributed by atoms with E-state index in [0.717, 1.165) is 32.2 Å². The van der Waals surface area contributed by atoms with Crippen molar-refractivity contribution in [2.24, 2.45) is 5.92 Å². The van der Waals surface area contributed by atoms with Crippen LogP contribution >= 0.6 is 0 Å². The third-order valence-corrected chi connectivity index (χ3v) is 4.15. The minimum atomic E-state index is 0.295. The highest BCUT2D eigenvalue weighted by atomic mass is 14.9. The topological polar surface area (TPSA) is 35.8 Å². The molecule has 0 unspecified atom stereocenters. The zero-order chi connectivity index (χ0) is 13.7. The van der Waals surface area contributed by atoms with Gasteiger partial charge in [-0.2, -0.15) is 5.26 Å². The lowest BCUT2D eigenvalue weighted by Gasteiger charge is -2.25. The van der Waals surface area contributed by atoms with Gasteiger partial charge in [-0.05, 0) is 42.7 Å². The van der Waals surface area contributed by atoms with Gasteiger partial charge in [-0.3, -0.25) is 0 Å². The van der Waals surface area contributed by atoms with E-state index in [1.807, 2.05) is 0 Å². The molecule has 102 valence electrons. The Kier molecular flexibility index (Phi) is 4.99. The maximum Gasteiger partial charge on any atom is 0.0655 e. The first-order chi connectivity index (χ1) is 9.19. The second-order valence-corrected chi connectivity index (χ2v) is 5.95. The summed E-state index contributed by atoms with van der Waals surface area (Å²) in [5.74, 6) is 0.895. The second-order valence-electron chi connectivity index (χ2n) is 5.95. The van der Waals surface area contributed by atoms with E-state index in [0.29, 0.717) is 17.9 Å². The van der Waals surface area contributed by atoms with Crippen LogP contribution in [0.25, 0.3) is 0 Å². The van der Waals surface area contributed by atoms with Crippen molar-refractivity contribution in [2.75, 3.05) is 0 Å². The van der Waals surface area contributed by atoms with Gasteiger partial charge in [0.1, 0.15) is 0 Å². The van der Waals surface area contributed by atoms with Crippen LogP contribution in [0.4, 0.5) is 0 Å². The van der Waals surface area contributed by atoms with Crippen LogP contribution < -0.4 is 5.32 Å². The molecule has 1 aliphatic carbocycles. The summed E-state index contributed by atoms with van der Waals surface area (Å²) in [5.41, 5.74) is 2.75. The van der Waals surface area contributed by atoms with E-state index in [9.17, 15) is 0 Å². The molecule has 0 spiro atoms. The summed E-state index contributed by atoms with van der Waals surface area (Å²) in [6, 6.07) is 11.9. The number of nitriles is 1. The summed E-state index contributed by atoms with van der Waals surface area (Å²) < 4.78 is 0. The van der Waals surface area contributed by atoms with E-state index < -0.39 is 0 Å². The first-order valence-corrected chi connectivity index (χ1v) is 7.41. The quantitative estimate of drug-likeness (QED) is 0.884. The monoisotopic (exact) mass is 256 g/mol. The van der Waals surface area contributed by atoms with Crippen LogP contribution in [0.3, 0.4) is 0 Å². The molecule has 2 rings (SSSR count). The summed E-state index contributed by atoms with van der Waals surface area (Å²) in [6.45, 7) is 5.39. The van der Waals surface area contributed by atoms with Crippen molar-refractivity contribution in [1.82, 2.24) is 5.32 Å². The van der Waals surface area contributed by atoms with Gasteiger partial charge in [0.05, 0.1) is 6.07 Å². The largest absolute Gasteiger partial charge is 0.310 e. The van der Waals surface area contributed by atoms with Crippen molar-refractivity contribution in [3.63, 3.8) is 0 Å². The van der Waals surface area contributed by atoms with Gasteiger partial charge in [0.2, 0.25) is 0 Å². The normalized spacial score (nSPS) is 23.3. The number of nitrogens with zero attached hydrogens (tertiary/aromatic N) is 1. The standard InChI is InChI=1S/C17H24N2/c1-13(2)16-7-3-15(4-8-16)12-19-17-9-5-14(11-18)6-10-17/h3-4,7-8,13-14,17,19H,5-6,9-10,12H2,1-2H3. The molecule has 1 N–H and O–H groups in total. The maximum atomic E-state index is 8.89. The predicted molar refractivity (Wildman–Crippen MR) is 78.7 cm³/mol. The van der Waals surface area contributed by atoms with E-state index in [-0.39, 0.29) is 0 Å². The van der Waals surface area contributed by atoms with Gasteiger partial charge in [-0.15, -0.1) is 0 Å². The average Bonchev–Trinajstić information content (AvgIpc) is 2.46. The second kappa shape index (κ2) is 6.73. The fourth-order valence-corrected chi connectivity index (χ4v) is 2.71. The summed E-state index contributed by atoms with van der Waals surface area (Å²) in [4.78, 5) is 0. The van der Waals surface area contributed by atoms with Crippen LogP contribution in [0.5, 0.6) is 0 Å². The van der Waals surface area contributed by atoms with Crippen molar-refractivity contribution in [2.45, 2.75) is 58.0 Å². The highest BCUT2D eigenvalue weighted by molar-refractivity contribution is 5.24. The molecule has 2 nitrogen and oxygen atoms in total. The predicted octanol–water partition coefficient (Wildman–Crippen LogP) is 3.98. The van der Waals surface area contributed by atoms with E-state index in [4.69, 9.17) is 5.26 Å². The molecular formula is C17H24N2. The molecule has 1 aliphatic rings. The van der Waals surface area contributed by atoms with Gasteiger partial charge in [0.25, 0.3) is 0 Å². The van der Waals surface area contributed by atoms with Crippen LogP contribution in [-0.4, -0.2) is 6.04 Å². The SMILES string of the molecule is CC(C)c1ccc(CNC2CCC(C#N)CC2)cc1. The van der Waals surface area contributed by atoms with Gasteiger partial charge in [0.15, 0.2) is 0 Å².